The van der Waals surface area contributed by atoms with Gasteiger partial charge in [0.05, 0.1) is 24.5 Å². The maximum absolute atomic E-state index is 11.8. The number of hydrogen-bond acceptors (Lipinski definition) is 3. The maximum atomic E-state index is 11.8. The molecule has 0 bridgehead atoms. The van der Waals surface area contributed by atoms with Gasteiger partial charge in [0.25, 0.3) is 5.91 Å². The van der Waals surface area contributed by atoms with E-state index in [-0.39, 0.29) is 17.2 Å². The molecule has 90 valence electrons. The second kappa shape index (κ2) is 5.92. The molecule has 4 nitrogen and oxygen atoms in total. The molecule has 0 atom stereocenters. The fraction of sp³-hybridized carbons (Fsp3) is 0.545. The van der Waals surface area contributed by atoms with E-state index in [9.17, 15) is 4.79 Å². The summed E-state index contributed by atoms with van der Waals surface area (Å²) < 4.78 is 10.2. The van der Waals surface area contributed by atoms with Crippen LogP contribution in [0.2, 0.25) is 5.22 Å². The number of nitrogens with zero attached hydrogens (tertiary/aromatic N) is 1. The first-order valence-electron chi connectivity index (χ1n) is 5.12. The van der Waals surface area contributed by atoms with E-state index in [4.69, 9.17) is 20.8 Å². The van der Waals surface area contributed by atoms with Gasteiger partial charge in [0.1, 0.15) is 0 Å². The Balaban J connectivity index is 2.46. The largest absolute Gasteiger partial charge is 0.452 e. The van der Waals surface area contributed by atoms with Crippen LogP contribution in [-0.4, -0.2) is 37.1 Å². The average molecular weight is 246 g/mol. The molecule has 0 unspecified atom stereocenters. The number of furan rings is 1. The summed E-state index contributed by atoms with van der Waals surface area (Å²) in [6.45, 7) is 4.94. The summed E-state index contributed by atoms with van der Waals surface area (Å²) in [5.74, 6) is -0.161. The van der Waals surface area contributed by atoms with Gasteiger partial charge in [-0.25, -0.2) is 0 Å². The molecule has 0 aromatic carbocycles. The lowest BCUT2D eigenvalue weighted by Gasteiger charge is -2.17. The Labute approximate surface area is 100 Å². The average Bonchev–Trinajstić information content (AvgIpc) is 2.62. The van der Waals surface area contributed by atoms with Gasteiger partial charge in [-0.05, 0) is 31.5 Å². The van der Waals surface area contributed by atoms with E-state index in [2.05, 4.69) is 0 Å². The van der Waals surface area contributed by atoms with E-state index < -0.39 is 0 Å². The summed E-state index contributed by atoms with van der Waals surface area (Å²) in [5.41, 5.74) is 0.383. The first kappa shape index (κ1) is 13.1. The molecule has 1 aromatic rings. The molecule has 1 aromatic heterocycles. The van der Waals surface area contributed by atoms with Crippen LogP contribution in [0.15, 0.2) is 16.7 Å². The Morgan fingerprint density at radius 1 is 1.62 bits per heavy atom. The summed E-state index contributed by atoms with van der Waals surface area (Å²) in [7, 11) is 1.70. The molecule has 16 heavy (non-hydrogen) atoms. The van der Waals surface area contributed by atoms with Gasteiger partial charge in [0.2, 0.25) is 5.22 Å². The highest BCUT2D eigenvalue weighted by molar-refractivity contribution is 6.32. The van der Waals surface area contributed by atoms with E-state index in [0.717, 1.165) is 0 Å². The molecular formula is C11H16ClNO3. The molecule has 0 saturated heterocycles. The third kappa shape index (κ3) is 3.54. The van der Waals surface area contributed by atoms with Crippen molar-refractivity contribution in [3.8, 4) is 0 Å². The van der Waals surface area contributed by atoms with Crippen LogP contribution in [-0.2, 0) is 4.74 Å². The van der Waals surface area contributed by atoms with E-state index in [1.165, 1.54) is 6.26 Å². The zero-order valence-corrected chi connectivity index (χ0v) is 10.5. The second-order valence-corrected chi connectivity index (χ2v) is 4.10. The maximum Gasteiger partial charge on any atom is 0.258 e. The third-order valence-electron chi connectivity index (χ3n) is 2.07. The van der Waals surface area contributed by atoms with Crippen molar-refractivity contribution in [1.29, 1.82) is 0 Å². The Bertz CT molecular complexity index is 349. The topological polar surface area (TPSA) is 42.7 Å². The van der Waals surface area contributed by atoms with Gasteiger partial charge in [-0.1, -0.05) is 0 Å². The van der Waals surface area contributed by atoms with Crippen LogP contribution in [0.25, 0.3) is 0 Å². The van der Waals surface area contributed by atoms with Gasteiger partial charge in [-0.3, -0.25) is 4.79 Å². The minimum absolute atomic E-state index is 0.127. The van der Waals surface area contributed by atoms with Gasteiger partial charge < -0.3 is 14.1 Å². The first-order chi connectivity index (χ1) is 7.52. The molecule has 1 rings (SSSR count). The molecule has 1 amide bonds. The molecule has 1 heterocycles. The van der Waals surface area contributed by atoms with Crippen molar-refractivity contribution in [3.05, 3.63) is 23.1 Å². The molecular weight excluding hydrogens is 230 g/mol. The molecule has 0 aliphatic rings. The second-order valence-electron chi connectivity index (χ2n) is 3.75. The van der Waals surface area contributed by atoms with Crippen LogP contribution in [0.5, 0.6) is 0 Å². The minimum atomic E-state index is -0.161. The summed E-state index contributed by atoms with van der Waals surface area (Å²) in [5, 5.41) is 0.127. The number of hydrogen-bond donors (Lipinski definition) is 0. The van der Waals surface area contributed by atoms with E-state index in [0.29, 0.717) is 18.7 Å². The van der Waals surface area contributed by atoms with Crippen LogP contribution in [0, 0.1) is 0 Å². The van der Waals surface area contributed by atoms with Gasteiger partial charge in [-0.2, -0.15) is 0 Å². The standard InChI is InChI=1S/C11H16ClNO3/c1-8(2)15-7-5-13(3)11(14)9-4-6-16-10(9)12/h4,6,8H,5,7H2,1-3H3. The highest BCUT2D eigenvalue weighted by Gasteiger charge is 2.16. The first-order valence-corrected chi connectivity index (χ1v) is 5.50. The van der Waals surface area contributed by atoms with Crippen molar-refractivity contribution < 1.29 is 13.9 Å². The normalized spacial score (nSPS) is 10.8. The van der Waals surface area contributed by atoms with E-state index >= 15 is 0 Å². The van der Waals surface area contributed by atoms with Crippen molar-refractivity contribution in [2.45, 2.75) is 20.0 Å². The fourth-order valence-corrected chi connectivity index (χ4v) is 1.37. The Kier molecular flexibility index (Phi) is 4.83. The quantitative estimate of drug-likeness (QED) is 0.800. The molecule has 0 spiro atoms. The SMILES string of the molecule is CC(C)OCCN(C)C(=O)c1ccoc1Cl. The van der Waals surface area contributed by atoms with Crippen LogP contribution in [0.3, 0.4) is 0 Å². The highest BCUT2D eigenvalue weighted by Crippen LogP contribution is 2.17. The van der Waals surface area contributed by atoms with Gasteiger partial charge in [0.15, 0.2) is 0 Å². The van der Waals surface area contributed by atoms with Crippen LogP contribution < -0.4 is 0 Å². The lowest BCUT2D eigenvalue weighted by Crippen LogP contribution is -2.30. The summed E-state index contributed by atoms with van der Waals surface area (Å²) in [6, 6.07) is 1.56. The molecule has 0 N–H and O–H groups in total. The van der Waals surface area contributed by atoms with Crippen LogP contribution >= 0.6 is 11.6 Å². The number of likely N-dealkylation sites (N-methyl/N-ethyl adjacent to an activating group) is 1. The van der Waals surface area contributed by atoms with E-state index in [1.54, 1.807) is 18.0 Å². The molecule has 0 fully saturated rings. The Morgan fingerprint density at radius 2 is 2.31 bits per heavy atom. The van der Waals surface area contributed by atoms with Crippen molar-refractivity contribution in [2.24, 2.45) is 0 Å². The highest BCUT2D eigenvalue weighted by atomic mass is 35.5. The predicted octanol–water partition coefficient (Wildman–Crippen LogP) is 2.43. The summed E-state index contributed by atoms with van der Waals surface area (Å²) in [4.78, 5) is 13.4. The number of rotatable bonds is 5. The monoisotopic (exact) mass is 245 g/mol. The van der Waals surface area contributed by atoms with Crippen molar-refractivity contribution in [1.82, 2.24) is 4.90 Å². The number of carbonyl (C=O) groups excluding carboxylic acids is 1. The van der Waals surface area contributed by atoms with Crippen molar-refractivity contribution in [3.63, 3.8) is 0 Å². The number of carbonyl (C=O) groups is 1. The third-order valence-corrected chi connectivity index (χ3v) is 2.37. The smallest absolute Gasteiger partial charge is 0.258 e. The lowest BCUT2D eigenvalue weighted by atomic mass is 10.3. The molecule has 5 heteroatoms. The number of halogens is 1. The molecule has 0 aliphatic heterocycles. The van der Waals surface area contributed by atoms with Crippen LogP contribution in [0.4, 0.5) is 0 Å². The fourth-order valence-electron chi connectivity index (χ4n) is 1.18. The molecule has 0 saturated carbocycles. The molecule has 0 radical (unpaired) electrons. The number of ether oxygens (including phenoxy) is 1. The van der Waals surface area contributed by atoms with Gasteiger partial charge in [0, 0.05) is 13.6 Å². The summed E-state index contributed by atoms with van der Waals surface area (Å²) in [6.07, 6.45) is 1.56. The zero-order chi connectivity index (χ0) is 12.1. The Morgan fingerprint density at radius 3 is 2.81 bits per heavy atom. The predicted molar refractivity (Wildman–Crippen MR) is 61.8 cm³/mol. The van der Waals surface area contributed by atoms with Crippen molar-refractivity contribution >= 4 is 17.5 Å². The minimum Gasteiger partial charge on any atom is -0.452 e. The molecule has 0 aliphatic carbocycles. The lowest BCUT2D eigenvalue weighted by molar-refractivity contribution is 0.0532. The zero-order valence-electron chi connectivity index (χ0n) is 9.70. The van der Waals surface area contributed by atoms with Gasteiger partial charge in [-0.15, -0.1) is 0 Å². The summed E-state index contributed by atoms with van der Waals surface area (Å²) >= 11 is 5.72. The number of amides is 1. The van der Waals surface area contributed by atoms with Gasteiger partial charge >= 0.3 is 0 Å². The van der Waals surface area contributed by atoms with E-state index in [1.807, 2.05) is 13.8 Å². The van der Waals surface area contributed by atoms with Crippen molar-refractivity contribution in [2.75, 3.05) is 20.2 Å². The van der Waals surface area contributed by atoms with Crippen LogP contribution in [0.1, 0.15) is 24.2 Å². The Hall–Kier alpha value is -1.00.